The van der Waals surface area contributed by atoms with Gasteiger partial charge in [0, 0.05) is 6.54 Å². The third kappa shape index (κ3) is 5.98. The van der Waals surface area contributed by atoms with Crippen molar-refractivity contribution in [2.24, 2.45) is 0 Å². The number of ether oxygens (including phenoxy) is 2. The molecule has 0 aliphatic heterocycles. The fraction of sp³-hybridized carbons (Fsp3) is 0.120. The zero-order valence-electron chi connectivity index (χ0n) is 16.7. The number of carbonyl (C=O) groups is 1. The Morgan fingerprint density at radius 2 is 1.60 bits per heavy atom. The summed E-state index contributed by atoms with van der Waals surface area (Å²) in [5.41, 5.74) is 2.79. The van der Waals surface area contributed by atoms with Crippen LogP contribution in [0.4, 0.5) is 0 Å². The molecule has 5 nitrogen and oxygen atoms in total. The summed E-state index contributed by atoms with van der Waals surface area (Å²) < 4.78 is 10.9. The molecule has 0 spiro atoms. The number of amides is 1. The second kappa shape index (κ2) is 10.5. The Hall–Kier alpha value is -4.04. The number of nitrogens with zero attached hydrogens (tertiary/aromatic N) is 1. The van der Waals surface area contributed by atoms with Crippen LogP contribution < -0.4 is 14.8 Å². The summed E-state index contributed by atoms with van der Waals surface area (Å²) >= 11 is 0. The number of carbonyl (C=O) groups excluding carboxylic acids is 1. The first-order valence-corrected chi connectivity index (χ1v) is 9.47. The number of hydrogen-bond acceptors (Lipinski definition) is 4. The van der Waals surface area contributed by atoms with Crippen LogP contribution in [-0.4, -0.2) is 13.0 Å². The van der Waals surface area contributed by atoms with Crippen molar-refractivity contribution in [2.75, 3.05) is 7.11 Å². The Balaban J connectivity index is 1.57. The van der Waals surface area contributed by atoms with Gasteiger partial charge in [-0.25, -0.2) is 0 Å². The Bertz CT molecular complexity index is 1030. The predicted molar refractivity (Wildman–Crippen MR) is 116 cm³/mol. The number of hydrogen-bond donors (Lipinski definition) is 1. The minimum Gasteiger partial charge on any atom is -0.497 e. The normalized spacial score (nSPS) is 10.7. The third-order valence-electron chi connectivity index (χ3n) is 4.42. The monoisotopic (exact) mass is 398 g/mol. The van der Waals surface area contributed by atoms with Crippen LogP contribution in [0, 0.1) is 11.3 Å². The van der Waals surface area contributed by atoms with Gasteiger partial charge in [0.15, 0.2) is 0 Å². The molecule has 0 saturated heterocycles. The maximum absolute atomic E-state index is 12.4. The van der Waals surface area contributed by atoms with Crippen molar-refractivity contribution < 1.29 is 14.3 Å². The first kappa shape index (κ1) is 20.7. The first-order chi connectivity index (χ1) is 14.7. The summed E-state index contributed by atoms with van der Waals surface area (Å²) in [6, 6.07) is 26.5. The molecule has 0 saturated carbocycles. The largest absolute Gasteiger partial charge is 0.497 e. The first-order valence-electron chi connectivity index (χ1n) is 9.47. The maximum atomic E-state index is 12.4. The Morgan fingerprint density at radius 1 is 0.933 bits per heavy atom. The molecule has 1 amide bonds. The van der Waals surface area contributed by atoms with Crippen LogP contribution in [-0.2, 0) is 17.9 Å². The summed E-state index contributed by atoms with van der Waals surface area (Å²) in [4.78, 5) is 12.4. The van der Waals surface area contributed by atoms with Gasteiger partial charge in [-0.05, 0) is 47.0 Å². The predicted octanol–water partition coefficient (Wildman–Crippen LogP) is 4.50. The number of benzene rings is 3. The quantitative estimate of drug-likeness (QED) is 0.448. The molecule has 3 aromatic rings. The van der Waals surface area contributed by atoms with Crippen LogP contribution in [0.25, 0.3) is 6.08 Å². The lowest BCUT2D eigenvalue weighted by Crippen LogP contribution is -2.23. The summed E-state index contributed by atoms with van der Waals surface area (Å²) in [6.45, 7) is 0.807. The minimum atomic E-state index is -0.419. The standard InChI is InChI=1S/C25H22N2O3/c1-29-23-11-9-20(10-12-23)17-27-25(28)22(16-26)15-19-7-13-24(14-8-19)30-18-21-5-3-2-4-6-21/h2-15H,17-18H2,1H3,(H,27,28)/b22-15+. The zero-order valence-corrected chi connectivity index (χ0v) is 16.7. The molecule has 0 heterocycles. The van der Waals surface area contributed by atoms with Crippen LogP contribution in [0.5, 0.6) is 11.5 Å². The van der Waals surface area contributed by atoms with E-state index in [1.165, 1.54) is 0 Å². The van der Waals surface area contributed by atoms with Gasteiger partial charge in [0.2, 0.25) is 0 Å². The lowest BCUT2D eigenvalue weighted by molar-refractivity contribution is -0.117. The summed E-state index contributed by atoms with van der Waals surface area (Å²) in [5.74, 6) is 1.05. The molecular formula is C25H22N2O3. The Kier molecular flexibility index (Phi) is 7.23. The molecule has 0 unspecified atom stereocenters. The highest BCUT2D eigenvalue weighted by molar-refractivity contribution is 6.01. The highest BCUT2D eigenvalue weighted by atomic mass is 16.5. The van der Waals surface area contributed by atoms with Crippen molar-refractivity contribution in [3.05, 3.63) is 101 Å². The van der Waals surface area contributed by atoms with Crippen LogP contribution in [0.2, 0.25) is 0 Å². The SMILES string of the molecule is COc1ccc(CNC(=O)/C(C#N)=C/c2ccc(OCc3ccccc3)cc2)cc1. The highest BCUT2D eigenvalue weighted by Gasteiger charge is 2.09. The zero-order chi connectivity index (χ0) is 21.2. The van der Waals surface area contributed by atoms with Crippen LogP contribution >= 0.6 is 0 Å². The van der Waals surface area contributed by atoms with Crippen molar-refractivity contribution in [1.29, 1.82) is 5.26 Å². The summed E-state index contributed by atoms with van der Waals surface area (Å²) in [7, 11) is 1.60. The lowest BCUT2D eigenvalue weighted by atomic mass is 10.1. The van der Waals surface area contributed by atoms with Crippen molar-refractivity contribution in [3.63, 3.8) is 0 Å². The van der Waals surface area contributed by atoms with E-state index in [4.69, 9.17) is 9.47 Å². The number of nitrogens with one attached hydrogen (secondary N) is 1. The van der Waals surface area contributed by atoms with E-state index in [9.17, 15) is 10.1 Å². The lowest BCUT2D eigenvalue weighted by Gasteiger charge is -2.07. The van der Waals surface area contributed by atoms with E-state index in [1.807, 2.05) is 84.9 Å². The van der Waals surface area contributed by atoms with Crippen molar-refractivity contribution in [3.8, 4) is 17.6 Å². The third-order valence-corrected chi connectivity index (χ3v) is 4.42. The van der Waals surface area contributed by atoms with Gasteiger partial charge in [-0.1, -0.05) is 54.6 Å². The number of methoxy groups -OCH3 is 1. The Morgan fingerprint density at radius 3 is 2.23 bits per heavy atom. The molecule has 150 valence electrons. The molecule has 3 rings (SSSR count). The van der Waals surface area contributed by atoms with Gasteiger partial charge in [-0.3, -0.25) is 4.79 Å². The summed E-state index contributed by atoms with van der Waals surface area (Å²) in [6.07, 6.45) is 1.56. The van der Waals surface area contributed by atoms with Gasteiger partial charge in [0.05, 0.1) is 7.11 Å². The highest BCUT2D eigenvalue weighted by Crippen LogP contribution is 2.16. The van der Waals surface area contributed by atoms with Crippen LogP contribution in [0.15, 0.2) is 84.4 Å². The van der Waals surface area contributed by atoms with Crippen molar-refractivity contribution >= 4 is 12.0 Å². The molecular weight excluding hydrogens is 376 g/mol. The van der Waals surface area contributed by atoms with E-state index in [-0.39, 0.29) is 5.57 Å². The molecule has 0 bridgehead atoms. The maximum Gasteiger partial charge on any atom is 0.262 e. The van der Waals surface area contributed by atoms with Crippen LogP contribution in [0.3, 0.4) is 0 Å². The molecule has 0 radical (unpaired) electrons. The van der Waals surface area contributed by atoms with Crippen molar-refractivity contribution in [2.45, 2.75) is 13.2 Å². The van der Waals surface area contributed by atoms with E-state index < -0.39 is 5.91 Å². The average molecular weight is 398 g/mol. The number of rotatable bonds is 8. The topological polar surface area (TPSA) is 71.3 Å². The van der Waals surface area contributed by atoms with E-state index in [2.05, 4.69) is 5.32 Å². The van der Waals surface area contributed by atoms with Crippen LogP contribution in [0.1, 0.15) is 16.7 Å². The molecule has 0 aliphatic carbocycles. The van der Waals surface area contributed by atoms with Gasteiger partial charge in [-0.2, -0.15) is 5.26 Å². The molecule has 0 atom stereocenters. The molecule has 30 heavy (non-hydrogen) atoms. The number of nitriles is 1. The molecule has 0 aromatic heterocycles. The molecule has 0 fully saturated rings. The van der Waals surface area contributed by atoms with Gasteiger partial charge >= 0.3 is 0 Å². The van der Waals surface area contributed by atoms with Crippen molar-refractivity contribution in [1.82, 2.24) is 5.32 Å². The fourth-order valence-corrected chi connectivity index (χ4v) is 2.74. The second-order valence-electron chi connectivity index (χ2n) is 6.54. The molecule has 1 N–H and O–H groups in total. The average Bonchev–Trinajstić information content (AvgIpc) is 2.81. The molecule has 0 aliphatic rings. The van der Waals surface area contributed by atoms with Gasteiger partial charge in [0.25, 0.3) is 5.91 Å². The van der Waals surface area contributed by atoms with E-state index in [1.54, 1.807) is 13.2 Å². The molecule has 5 heteroatoms. The fourth-order valence-electron chi connectivity index (χ4n) is 2.74. The van der Waals surface area contributed by atoms with Gasteiger partial charge in [0.1, 0.15) is 29.7 Å². The molecule has 3 aromatic carbocycles. The van der Waals surface area contributed by atoms with Gasteiger partial charge < -0.3 is 14.8 Å². The van der Waals surface area contributed by atoms with E-state index in [0.29, 0.717) is 13.2 Å². The second-order valence-corrected chi connectivity index (χ2v) is 6.54. The minimum absolute atomic E-state index is 0.0430. The Labute approximate surface area is 176 Å². The van der Waals surface area contributed by atoms with Gasteiger partial charge in [-0.15, -0.1) is 0 Å². The summed E-state index contributed by atoms with van der Waals surface area (Å²) in [5, 5.41) is 12.1. The van der Waals surface area contributed by atoms with E-state index in [0.717, 1.165) is 28.2 Å². The van der Waals surface area contributed by atoms with E-state index >= 15 is 0 Å². The smallest absolute Gasteiger partial charge is 0.262 e.